The van der Waals surface area contributed by atoms with E-state index in [0.29, 0.717) is 12.8 Å². The Morgan fingerprint density at radius 1 is 0.493 bits per heavy atom. The molecule has 0 spiro atoms. The predicted molar refractivity (Wildman–Crippen MR) is 286 cm³/mol. The number of rotatable bonds is 36. The summed E-state index contributed by atoms with van der Waals surface area (Å²) in [6.07, 6.45) is 49.2. The molecular weight excluding hydrogens is 857 g/mol. The molecule has 8 nitrogen and oxygen atoms in total. The van der Waals surface area contributed by atoms with Crippen molar-refractivity contribution in [2.45, 2.75) is 237 Å². The van der Waals surface area contributed by atoms with Gasteiger partial charge in [0.2, 0.25) is 0 Å². The summed E-state index contributed by atoms with van der Waals surface area (Å²) in [7, 11) is 3.57. The molecule has 2 aromatic carbocycles. The summed E-state index contributed by atoms with van der Waals surface area (Å²) in [5, 5.41) is 0. The van der Waals surface area contributed by atoms with Gasteiger partial charge in [-0.25, -0.2) is 9.59 Å². The number of ether oxygens (including phenoxy) is 4. The molecule has 0 bridgehead atoms. The van der Waals surface area contributed by atoms with Crippen LogP contribution in [-0.4, -0.2) is 66.2 Å². The Bertz CT molecular complexity index is 1620. The van der Waals surface area contributed by atoms with E-state index >= 15 is 0 Å². The minimum absolute atomic E-state index is 0.174. The standard InChI is InChI=1S/C61H94N2O6/c1-5-7-9-11-13-15-17-19-21-23-25-27-29-31-33-41-47-61(48-42-34-32-30-28-26-24-22-20-18-16-14-12-10-8-6-2)68-57-49-55(62(3)59(64)66-51-53-43-37-35-38-44-53)56(50-58(57)69-61)63(4)60(65)67-52-54-45-39-36-40-46-54/h13-16,19-22,35-40,43-46,55-58H,5-12,17-18,23-34,41-42,47-52H2,1-4H3/b15-13-,16-14-,21-19-,22-20-/t55-,56+,57+,58-. The zero-order chi connectivity index (χ0) is 49.0. The van der Waals surface area contributed by atoms with Gasteiger partial charge in [-0.1, -0.05) is 200 Å². The number of likely N-dealkylation sites (N-methyl/N-ethyl adjacent to an activating group) is 2. The maximum atomic E-state index is 13.7. The zero-order valence-electron chi connectivity index (χ0n) is 43.8. The molecule has 1 aliphatic heterocycles. The molecule has 1 aliphatic carbocycles. The van der Waals surface area contributed by atoms with Crippen LogP contribution in [0.3, 0.4) is 0 Å². The molecule has 2 fully saturated rings. The van der Waals surface area contributed by atoms with Crippen LogP contribution in [0.25, 0.3) is 0 Å². The molecule has 2 aromatic rings. The lowest BCUT2D eigenvalue weighted by Gasteiger charge is -2.44. The van der Waals surface area contributed by atoms with Crippen LogP contribution < -0.4 is 0 Å². The number of carbonyl (C=O) groups excluding carboxylic acids is 2. The lowest BCUT2D eigenvalue weighted by molar-refractivity contribution is -0.186. The summed E-state index contributed by atoms with van der Waals surface area (Å²) in [6, 6.07) is 18.8. The maximum Gasteiger partial charge on any atom is 0.410 e. The van der Waals surface area contributed by atoms with Crippen molar-refractivity contribution < 1.29 is 28.5 Å². The molecule has 0 unspecified atom stereocenters. The van der Waals surface area contributed by atoms with Gasteiger partial charge in [-0.15, -0.1) is 0 Å². The van der Waals surface area contributed by atoms with Gasteiger partial charge in [-0.05, 0) is 101 Å². The van der Waals surface area contributed by atoms with E-state index in [1.165, 1.54) is 103 Å². The second-order valence-electron chi connectivity index (χ2n) is 19.8. The van der Waals surface area contributed by atoms with Crippen LogP contribution in [0.5, 0.6) is 0 Å². The SMILES string of the molecule is CCCCC/C=C\C/C=C\CCCCCCCCC1(CCCCCCCC/C=C\C/C=C\CCCCC)O[C@H]2C[C@@H](N(C)C(=O)OCc3ccccc3)[C@@H](N(C)C(=O)OCc3ccccc3)C[C@H]2O1. The van der Waals surface area contributed by atoms with E-state index in [4.69, 9.17) is 18.9 Å². The molecule has 0 radical (unpaired) electrons. The molecule has 4 rings (SSSR count). The van der Waals surface area contributed by atoms with Crippen LogP contribution in [0.4, 0.5) is 9.59 Å². The molecule has 1 heterocycles. The third kappa shape index (κ3) is 23.6. The van der Waals surface area contributed by atoms with Gasteiger partial charge in [0.25, 0.3) is 0 Å². The summed E-state index contributed by atoms with van der Waals surface area (Å²) < 4.78 is 25.9. The van der Waals surface area contributed by atoms with Crippen LogP contribution in [-0.2, 0) is 32.2 Å². The van der Waals surface area contributed by atoms with Gasteiger partial charge < -0.3 is 28.7 Å². The fourth-order valence-corrected chi connectivity index (χ4v) is 9.79. The van der Waals surface area contributed by atoms with Crippen molar-refractivity contribution in [1.29, 1.82) is 0 Å². The number of amides is 2. The fourth-order valence-electron chi connectivity index (χ4n) is 9.79. The first-order chi connectivity index (χ1) is 33.9. The molecule has 0 N–H and O–H groups in total. The Morgan fingerprint density at radius 3 is 1.19 bits per heavy atom. The maximum absolute atomic E-state index is 13.7. The monoisotopic (exact) mass is 951 g/mol. The van der Waals surface area contributed by atoms with E-state index in [2.05, 4.69) is 62.5 Å². The Balaban J connectivity index is 1.32. The van der Waals surface area contributed by atoms with Crippen molar-refractivity contribution >= 4 is 12.2 Å². The topological polar surface area (TPSA) is 77.5 Å². The highest BCUT2D eigenvalue weighted by molar-refractivity contribution is 5.70. The summed E-state index contributed by atoms with van der Waals surface area (Å²) >= 11 is 0. The molecule has 2 aliphatic rings. The number of fused-ring (bicyclic) bond motifs is 1. The average Bonchev–Trinajstić information content (AvgIpc) is 3.74. The van der Waals surface area contributed by atoms with Gasteiger partial charge in [0, 0.05) is 26.9 Å². The highest BCUT2D eigenvalue weighted by Gasteiger charge is 2.53. The highest BCUT2D eigenvalue weighted by Crippen LogP contribution is 2.44. The number of hydrogen-bond acceptors (Lipinski definition) is 6. The van der Waals surface area contributed by atoms with Gasteiger partial charge in [0.05, 0.1) is 24.3 Å². The van der Waals surface area contributed by atoms with E-state index in [1.807, 2.05) is 60.7 Å². The molecule has 4 atom stereocenters. The second-order valence-corrected chi connectivity index (χ2v) is 19.8. The summed E-state index contributed by atoms with van der Waals surface area (Å²) in [5.41, 5.74) is 1.85. The summed E-state index contributed by atoms with van der Waals surface area (Å²) in [6.45, 7) is 4.86. The van der Waals surface area contributed by atoms with E-state index < -0.39 is 18.0 Å². The van der Waals surface area contributed by atoms with Crippen molar-refractivity contribution in [2.24, 2.45) is 0 Å². The van der Waals surface area contributed by atoms with Crippen molar-refractivity contribution in [3.05, 3.63) is 120 Å². The first-order valence-corrected chi connectivity index (χ1v) is 27.7. The molecule has 2 amide bonds. The first kappa shape index (κ1) is 57.4. The molecule has 1 saturated carbocycles. The third-order valence-electron chi connectivity index (χ3n) is 14.0. The number of allylic oxidation sites excluding steroid dienone is 8. The second kappa shape index (κ2) is 35.9. The number of nitrogens with zero attached hydrogens (tertiary/aromatic N) is 2. The van der Waals surface area contributed by atoms with Crippen molar-refractivity contribution in [3.8, 4) is 0 Å². The number of hydrogen-bond donors (Lipinski definition) is 0. The van der Waals surface area contributed by atoms with Gasteiger partial charge in [0.1, 0.15) is 13.2 Å². The van der Waals surface area contributed by atoms with Crippen molar-refractivity contribution in [3.63, 3.8) is 0 Å². The summed E-state index contributed by atoms with van der Waals surface area (Å²) in [4.78, 5) is 30.8. The Morgan fingerprint density at radius 2 is 0.826 bits per heavy atom. The van der Waals surface area contributed by atoms with Gasteiger partial charge in [0.15, 0.2) is 5.79 Å². The number of benzene rings is 2. The van der Waals surface area contributed by atoms with Crippen molar-refractivity contribution in [1.82, 2.24) is 9.80 Å². The molecule has 384 valence electrons. The van der Waals surface area contributed by atoms with Crippen LogP contribution in [0.2, 0.25) is 0 Å². The normalized spacial score (nSPS) is 19.0. The van der Waals surface area contributed by atoms with Crippen LogP contribution >= 0.6 is 0 Å². The Hall–Kier alpha value is -4.14. The average molecular weight is 951 g/mol. The van der Waals surface area contributed by atoms with Crippen molar-refractivity contribution in [2.75, 3.05) is 14.1 Å². The van der Waals surface area contributed by atoms with E-state index in [9.17, 15) is 9.59 Å². The van der Waals surface area contributed by atoms with E-state index in [1.54, 1.807) is 23.9 Å². The van der Waals surface area contributed by atoms with Gasteiger partial charge >= 0.3 is 12.2 Å². The number of carbonyl (C=O) groups is 2. The fraction of sp³-hybridized carbons (Fsp3) is 0.639. The van der Waals surface area contributed by atoms with Crippen LogP contribution in [0.15, 0.2) is 109 Å². The summed E-state index contributed by atoms with van der Waals surface area (Å²) in [5.74, 6) is -0.669. The molecule has 8 heteroatoms. The third-order valence-corrected chi connectivity index (χ3v) is 14.0. The number of unbranched alkanes of at least 4 members (excludes halogenated alkanes) is 18. The van der Waals surface area contributed by atoms with Gasteiger partial charge in [-0.2, -0.15) is 0 Å². The molecule has 1 saturated heterocycles. The first-order valence-electron chi connectivity index (χ1n) is 27.7. The Kier molecular flexibility index (Phi) is 29.9. The zero-order valence-corrected chi connectivity index (χ0v) is 43.8. The molecular formula is C61H94N2O6. The predicted octanol–water partition coefficient (Wildman–Crippen LogP) is 16.9. The lowest BCUT2D eigenvalue weighted by Crippen LogP contribution is -2.59. The van der Waals surface area contributed by atoms with Crippen LogP contribution in [0, 0.1) is 0 Å². The largest absolute Gasteiger partial charge is 0.445 e. The highest BCUT2D eigenvalue weighted by atomic mass is 16.8. The smallest absolute Gasteiger partial charge is 0.410 e. The quantitative estimate of drug-likeness (QED) is 0.0500. The van der Waals surface area contributed by atoms with E-state index in [-0.39, 0.29) is 37.5 Å². The molecule has 69 heavy (non-hydrogen) atoms. The van der Waals surface area contributed by atoms with Crippen LogP contribution in [0.1, 0.15) is 205 Å². The molecule has 0 aromatic heterocycles. The van der Waals surface area contributed by atoms with Gasteiger partial charge in [-0.3, -0.25) is 0 Å². The minimum atomic E-state index is -0.669. The lowest BCUT2D eigenvalue weighted by atomic mass is 9.84. The Labute approximate surface area is 420 Å². The minimum Gasteiger partial charge on any atom is -0.445 e. The van der Waals surface area contributed by atoms with E-state index in [0.717, 1.165) is 75.3 Å².